The summed E-state index contributed by atoms with van der Waals surface area (Å²) in [6, 6.07) is 7.17. The van der Waals surface area contributed by atoms with Crippen LogP contribution in [0.4, 0.5) is 5.69 Å². The highest BCUT2D eigenvalue weighted by atomic mass is 16.4. The van der Waals surface area contributed by atoms with Gasteiger partial charge in [-0.2, -0.15) is 0 Å². The maximum atomic E-state index is 12.8. The van der Waals surface area contributed by atoms with Gasteiger partial charge in [0.15, 0.2) is 5.84 Å². The van der Waals surface area contributed by atoms with Crippen LogP contribution in [0, 0.1) is 5.41 Å². The second-order valence-corrected chi connectivity index (χ2v) is 6.02. The van der Waals surface area contributed by atoms with Crippen molar-refractivity contribution in [2.45, 2.75) is 39.0 Å². The van der Waals surface area contributed by atoms with E-state index >= 15 is 0 Å². The summed E-state index contributed by atoms with van der Waals surface area (Å²) in [6.07, 6.45) is 5.32. The Balaban J connectivity index is 2.23. The molecule has 0 radical (unpaired) electrons. The summed E-state index contributed by atoms with van der Waals surface area (Å²) < 4.78 is 0. The van der Waals surface area contributed by atoms with Crippen LogP contribution in [0.2, 0.25) is 0 Å². The zero-order chi connectivity index (χ0) is 15.5. The van der Waals surface area contributed by atoms with Crippen molar-refractivity contribution in [3.05, 3.63) is 29.8 Å². The Bertz CT molecular complexity index is 548. The standard InChI is InChI=1S/C16H23N3O2/c1-16(9-4-3-5-10-16)15(20)19(2)13-8-6-7-12(11-13)14(17)18-21/h6-8,11,21H,3-5,9-10H2,1-2H3,(H2,17,18). The Kier molecular flexibility index (Phi) is 4.50. The minimum Gasteiger partial charge on any atom is -0.409 e. The van der Waals surface area contributed by atoms with E-state index in [0.29, 0.717) is 5.56 Å². The summed E-state index contributed by atoms with van der Waals surface area (Å²) in [5.74, 6) is 0.181. The fraction of sp³-hybridized carbons (Fsp3) is 0.500. The molecule has 0 bridgehead atoms. The molecule has 21 heavy (non-hydrogen) atoms. The molecule has 1 amide bonds. The number of nitrogens with two attached hydrogens (primary N) is 1. The number of anilines is 1. The average molecular weight is 289 g/mol. The molecule has 0 aliphatic heterocycles. The molecule has 114 valence electrons. The summed E-state index contributed by atoms with van der Waals surface area (Å²) in [5.41, 5.74) is 6.69. The van der Waals surface area contributed by atoms with Crippen LogP contribution < -0.4 is 10.6 Å². The molecule has 1 aromatic carbocycles. The number of hydrogen-bond donors (Lipinski definition) is 2. The lowest BCUT2D eigenvalue weighted by molar-refractivity contribution is -0.128. The van der Waals surface area contributed by atoms with Crippen LogP contribution in [0.25, 0.3) is 0 Å². The largest absolute Gasteiger partial charge is 0.409 e. The minimum atomic E-state index is -0.278. The van der Waals surface area contributed by atoms with Gasteiger partial charge < -0.3 is 15.8 Å². The van der Waals surface area contributed by atoms with Crippen molar-refractivity contribution >= 4 is 17.4 Å². The van der Waals surface area contributed by atoms with E-state index in [2.05, 4.69) is 12.1 Å². The molecule has 0 saturated heterocycles. The Morgan fingerprint density at radius 1 is 1.33 bits per heavy atom. The molecule has 1 aliphatic carbocycles. The molecule has 2 rings (SSSR count). The zero-order valence-electron chi connectivity index (χ0n) is 12.7. The van der Waals surface area contributed by atoms with E-state index in [1.165, 1.54) is 6.42 Å². The van der Waals surface area contributed by atoms with Gasteiger partial charge in [-0.1, -0.05) is 43.5 Å². The highest BCUT2D eigenvalue weighted by Crippen LogP contribution is 2.38. The van der Waals surface area contributed by atoms with Gasteiger partial charge in [-0.25, -0.2) is 0 Å². The molecule has 0 unspecified atom stereocenters. The van der Waals surface area contributed by atoms with Crippen molar-refractivity contribution in [3.63, 3.8) is 0 Å². The van der Waals surface area contributed by atoms with Crippen LogP contribution in [0.3, 0.4) is 0 Å². The van der Waals surface area contributed by atoms with E-state index in [-0.39, 0.29) is 17.2 Å². The molecule has 3 N–H and O–H groups in total. The topological polar surface area (TPSA) is 78.9 Å². The molecule has 5 heteroatoms. The lowest BCUT2D eigenvalue weighted by Gasteiger charge is -2.35. The Morgan fingerprint density at radius 3 is 2.62 bits per heavy atom. The molecule has 1 aromatic rings. The van der Waals surface area contributed by atoms with Gasteiger partial charge in [-0.15, -0.1) is 0 Å². The van der Waals surface area contributed by atoms with E-state index in [1.807, 2.05) is 6.07 Å². The Morgan fingerprint density at radius 2 is 2.00 bits per heavy atom. The minimum absolute atomic E-state index is 0.0431. The van der Waals surface area contributed by atoms with Gasteiger partial charge in [0.2, 0.25) is 5.91 Å². The number of benzene rings is 1. The lowest BCUT2D eigenvalue weighted by Crippen LogP contribution is -2.41. The number of oxime groups is 1. The number of carbonyl (C=O) groups is 1. The fourth-order valence-corrected chi connectivity index (χ4v) is 3.00. The average Bonchev–Trinajstić information content (AvgIpc) is 2.53. The Hall–Kier alpha value is -2.04. The molecular weight excluding hydrogens is 266 g/mol. The SMILES string of the molecule is CN(C(=O)C1(C)CCCCC1)c1cccc(/C(N)=N/O)c1. The zero-order valence-corrected chi connectivity index (χ0v) is 12.7. The third-order valence-corrected chi connectivity index (χ3v) is 4.42. The molecule has 5 nitrogen and oxygen atoms in total. The molecule has 1 fully saturated rings. The maximum absolute atomic E-state index is 12.8. The molecule has 0 spiro atoms. The summed E-state index contributed by atoms with van der Waals surface area (Å²) in [5, 5.41) is 11.8. The van der Waals surface area contributed by atoms with Gasteiger partial charge in [0.1, 0.15) is 0 Å². The van der Waals surface area contributed by atoms with Crippen LogP contribution in [0.15, 0.2) is 29.4 Å². The number of amides is 1. The summed E-state index contributed by atoms with van der Waals surface area (Å²) in [4.78, 5) is 14.5. The molecular formula is C16H23N3O2. The second-order valence-electron chi connectivity index (χ2n) is 6.02. The van der Waals surface area contributed by atoms with Crippen LogP contribution in [0.5, 0.6) is 0 Å². The van der Waals surface area contributed by atoms with Gasteiger partial charge in [-0.3, -0.25) is 4.79 Å². The first-order valence-corrected chi connectivity index (χ1v) is 7.34. The monoisotopic (exact) mass is 289 g/mol. The predicted octanol–water partition coefficient (Wildman–Crippen LogP) is 2.71. The van der Waals surface area contributed by atoms with Crippen molar-refractivity contribution in [2.75, 3.05) is 11.9 Å². The van der Waals surface area contributed by atoms with Crippen molar-refractivity contribution in [1.82, 2.24) is 0 Å². The molecule has 0 heterocycles. The van der Waals surface area contributed by atoms with Crippen molar-refractivity contribution in [2.24, 2.45) is 16.3 Å². The van der Waals surface area contributed by atoms with E-state index in [9.17, 15) is 4.79 Å². The number of hydrogen-bond acceptors (Lipinski definition) is 3. The first-order valence-electron chi connectivity index (χ1n) is 7.34. The lowest BCUT2D eigenvalue weighted by atomic mass is 9.74. The second kappa shape index (κ2) is 6.16. The van der Waals surface area contributed by atoms with Gasteiger partial charge in [-0.05, 0) is 25.0 Å². The van der Waals surface area contributed by atoms with Crippen LogP contribution in [0.1, 0.15) is 44.6 Å². The molecule has 1 aliphatic rings. The number of carbonyl (C=O) groups excluding carboxylic acids is 1. The third-order valence-electron chi connectivity index (χ3n) is 4.42. The van der Waals surface area contributed by atoms with Crippen LogP contribution >= 0.6 is 0 Å². The van der Waals surface area contributed by atoms with Crippen LogP contribution in [-0.4, -0.2) is 24.0 Å². The smallest absolute Gasteiger partial charge is 0.232 e. The van der Waals surface area contributed by atoms with Crippen molar-refractivity contribution in [1.29, 1.82) is 0 Å². The highest BCUT2D eigenvalue weighted by Gasteiger charge is 2.36. The summed E-state index contributed by atoms with van der Waals surface area (Å²) in [6.45, 7) is 2.05. The fourth-order valence-electron chi connectivity index (χ4n) is 3.00. The van der Waals surface area contributed by atoms with Crippen molar-refractivity contribution in [3.8, 4) is 0 Å². The van der Waals surface area contributed by atoms with Gasteiger partial charge in [0.05, 0.1) is 0 Å². The van der Waals surface area contributed by atoms with Gasteiger partial charge in [0, 0.05) is 23.7 Å². The molecule has 0 atom stereocenters. The highest BCUT2D eigenvalue weighted by molar-refractivity contribution is 6.00. The molecule has 0 aromatic heterocycles. The number of rotatable bonds is 3. The van der Waals surface area contributed by atoms with E-state index < -0.39 is 0 Å². The predicted molar refractivity (Wildman–Crippen MR) is 83.6 cm³/mol. The number of amidine groups is 1. The van der Waals surface area contributed by atoms with Gasteiger partial charge in [0.25, 0.3) is 0 Å². The number of nitrogens with zero attached hydrogens (tertiary/aromatic N) is 2. The van der Waals surface area contributed by atoms with Crippen molar-refractivity contribution < 1.29 is 10.0 Å². The Labute approximate surface area is 125 Å². The third kappa shape index (κ3) is 3.17. The van der Waals surface area contributed by atoms with Gasteiger partial charge >= 0.3 is 0 Å². The van der Waals surface area contributed by atoms with E-state index in [0.717, 1.165) is 31.4 Å². The first-order chi connectivity index (χ1) is 9.98. The van der Waals surface area contributed by atoms with E-state index in [1.54, 1.807) is 30.1 Å². The maximum Gasteiger partial charge on any atom is 0.232 e. The summed E-state index contributed by atoms with van der Waals surface area (Å²) >= 11 is 0. The normalized spacial score (nSPS) is 18.3. The first kappa shape index (κ1) is 15.4. The van der Waals surface area contributed by atoms with E-state index in [4.69, 9.17) is 10.9 Å². The molecule has 1 saturated carbocycles. The quantitative estimate of drug-likeness (QED) is 0.388. The van der Waals surface area contributed by atoms with Crippen LogP contribution in [-0.2, 0) is 4.79 Å². The summed E-state index contributed by atoms with van der Waals surface area (Å²) in [7, 11) is 1.79.